The molecule has 1 heterocycles. The largest absolute Gasteiger partial charge is 0.396 e. The number of aryl methyl sites for hydroxylation is 1. The van der Waals surface area contributed by atoms with Crippen LogP contribution in [0.15, 0.2) is 18.2 Å². The zero-order valence-electron chi connectivity index (χ0n) is 13.4. The first-order valence-electron chi connectivity index (χ1n) is 7.88. The first kappa shape index (κ1) is 16.7. The molecule has 122 valence electrons. The second-order valence-corrected chi connectivity index (χ2v) is 6.24. The van der Waals surface area contributed by atoms with E-state index in [0.717, 1.165) is 24.8 Å². The molecular weight excluding hydrogens is 283 g/mol. The summed E-state index contributed by atoms with van der Waals surface area (Å²) >= 11 is 0. The van der Waals surface area contributed by atoms with Crippen LogP contribution in [0.4, 0.5) is 9.18 Å². The van der Waals surface area contributed by atoms with Crippen molar-refractivity contribution < 1.29 is 14.3 Å². The van der Waals surface area contributed by atoms with E-state index in [4.69, 9.17) is 0 Å². The summed E-state index contributed by atoms with van der Waals surface area (Å²) < 4.78 is 13.5. The third-order valence-electron chi connectivity index (χ3n) is 4.88. The Morgan fingerprint density at radius 1 is 1.41 bits per heavy atom. The lowest BCUT2D eigenvalue weighted by atomic mass is 9.77. The second kappa shape index (κ2) is 7.09. The molecular formula is C17H25FN2O2. The van der Waals surface area contributed by atoms with Gasteiger partial charge in [-0.05, 0) is 48.8 Å². The van der Waals surface area contributed by atoms with Gasteiger partial charge in [0.15, 0.2) is 0 Å². The number of carbonyl (C=O) groups excluding carboxylic acids is 1. The van der Waals surface area contributed by atoms with Crippen LogP contribution >= 0.6 is 0 Å². The van der Waals surface area contributed by atoms with Crippen LogP contribution in [-0.4, -0.2) is 35.7 Å². The van der Waals surface area contributed by atoms with E-state index < -0.39 is 0 Å². The van der Waals surface area contributed by atoms with Gasteiger partial charge in [0.2, 0.25) is 0 Å². The van der Waals surface area contributed by atoms with Gasteiger partial charge in [0.05, 0.1) is 0 Å². The van der Waals surface area contributed by atoms with Crippen molar-refractivity contribution in [2.75, 3.05) is 19.7 Å². The number of hydrogen-bond acceptors (Lipinski definition) is 2. The summed E-state index contributed by atoms with van der Waals surface area (Å²) in [5.41, 5.74) is 1.33. The highest BCUT2D eigenvalue weighted by molar-refractivity contribution is 5.74. The quantitative estimate of drug-likeness (QED) is 0.898. The standard InChI is InChI=1S/C17H25FN2O2/c1-3-17(12-21)6-8-20(9-7-17)16(22)19-11-14-5-4-13(2)15(18)10-14/h4-5,10,21H,3,6-9,11-12H2,1-2H3,(H,19,22). The van der Waals surface area contributed by atoms with Crippen molar-refractivity contribution in [1.82, 2.24) is 10.2 Å². The number of piperidine rings is 1. The smallest absolute Gasteiger partial charge is 0.317 e. The summed E-state index contributed by atoms with van der Waals surface area (Å²) in [7, 11) is 0. The van der Waals surface area contributed by atoms with Crippen LogP contribution in [-0.2, 0) is 6.54 Å². The predicted molar refractivity (Wildman–Crippen MR) is 84.0 cm³/mol. The van der Waals surface area contributed by atoms with Crippen molar-refractivity contribution in [3.8, 4) is 0 Å². The minimum Gasteiger partial charge on any atom is -0.396 e. The Balaban J connectivity index is 1.84. The van der Waals surface area contributed by atoms with E-state index in [9.17, 15) is 14.3 Å². The molecule has 2 rings (SSSR count). The zero-order valence-corrected chi connectivity index (χ0v) is 13.4. The molecule has 1 aromatic carbocycles. The number of amides is 2. The lowest BCUT2D eigenvalue weighted by molar-refractivity contribution is 0.0519. The van der Waals surface area contributed by atoms with E-state index in [1.165, 1.54) is 6.07 Å². The van der Waals surface area contributed by atoms with Crippen LogP contribution in [0, 0.1) is 18.2 Å². The molecule has 1 aliphatic heterocycles. The highest BCUT2D eigenvalue weighted by Crippen LogP contribution is 2.34. The molecule has 4 nitrogen and oxygen atoms in total. The number of halogens is 1. The van der Waals surface area contributed by atoms with Crippen LogP contribution in [0.25, 0.3) is 0 Å². The average molecular weight is 308 g/mol. The van der Waals surface area contributed by atoms with E-state index in [1.54, 1.807) is 17.9 Å². The fourth-order valence-electron chi connectivity index (χ4n) is 2.84. The van der Waals surface area contributed by atoms with Crippen molar-refractivity contribution in [1.29, 1.82) is 0 Å². The Morgan fingerprint density at radius 2 is 2.09 bits per heavy atom. The summed E-state index contributed by atoms with van der Waals surface area (Å²) in [5.74, 6) is -0.250. The number of aliphatic hydroxyl groups is 1. The highest BCUT2D eigenvalue weighted by atomic mass is 19.1. The van der Waals surface area contributed by atoms with Gasteiger partial charge < -0.3 is 15.3 Å². The summed E-state index contributed by atoms with van der Waals surface area (Å²) in [5, 5.41) is 12.3. The summed E-state index contributed by atoms with van der Waals surface area (Å²) in [6.07, 6.45) is 2.58. The maximum atomic E-state index is 13.5. The molecule has 5 heteroatoms. The molecule has 0 spiro atoms. The van der Waals surface area contributed by atoms with Gasteiger partial charge in [0, 0.05) is 26.2 Å². The molecule has 0 radical (unpaired) electrons. The topological polar surface area (TPSA) is 52.6 Å². The number of rotatable bonds is 4. The van der Waals surface area contributed by atoms with Crippen LogP contribution in [0.2, 0.25) is 0 Å². The maximum absolute atomic E-state index is 13.5. The highest BCUT2D eigenvalue weighted by Gasteiger charge is 2.33. The van der Waals surface area contributed by atoms with Crippen molar-refractivity contribution in [2.45, 2.75) is 39.7 Å². The SMILES string of the molecule is CCC1(CO)CCN(C(=O)NCc2ccc(C)c(F)c2)CC1. The van der Waals surface area contributed by atoms with Gasteiger partial charge in [-0.3, -0.25) is 0 Å². The molecule has 1 aliphatic rings. The monoisotopic (exact) mass is 308 g/mol. The Labute approximate surface area is 131 Å². The number of urea groups is 1. The van der Waals surface area contributed by atoms with Gasteiger partial charge in [-0.1, -0.05) is 19.1 Å². The number of carbonyl (C=O) groups is 1. The van der Waals surface area contributed by atoms with Gasteiger partial charge in [0.25, 0.3) is 0 Å². The summed E-state index contributed by atoms with van der Waals surface area (Å²) in [6.45, 7) is 5.61. The molecule has 2 amide bonds. The summed E-state index contributed by atoms with van der Waals surface area (Å²) in [6, 6.07) is 4.88. The average Bonchev–Trinajstić information content (AvgIpc) is 2.55. The Hall–Kier alpha value is -1.62. The third-order valence-corrected chi connectivity index (χ3v) is 4.88. The molecule has 22 heavy (non-hydrogen) atoms. The first-order valence-corrected chi connectivity index (χ1v) is 7.88. The number of nitrogens with one attached hydrogen (secondary N) is 1. The fraction of sp³-hybridized carbons (Fsp3) is 0.588. The molecule has 2 N–H and O–H groups in total. The Bertz CT molecular complexity index is 519. The predicted octanol–water partition coefficient (Wildman–Crippen LogP) is 2.83. The van der Waals surface area contributed by atoms with E-state index in [-0.39, 0.29) is 23.9 Å². The van der Waals surface area contributed by atoms with Gasteiger partial charge in [-0.2, -0.15) is 0 Å². The zero-order chi connectivity index (χ0) is 16.2. The maximum Gasteiger partial charge on any atom is 0.317 e. The number of nitrogens with zero attached hydrogens (tertiary/aromatic N) is 1. The molecule has 0 aliphatic carbocycles. The molecule has 0 aromatic heterocycles. The first-order chi connectivity index (χ1) is 10.5. The van der Waals surface area contributed by atoms with Crippen LogP contribution in [0.5, 0.6) is 0 Å². The normalized spacial score (nSPS) is 17.4. The van der Waals surface area contributed by atoms with Crippen molar-refractivity contribution in [2.24, 2.45) is 5.41 Å². The van der Waals surface area contributed by atoms with Gasteiger partial charge in [-0.15, -0.1) is 0 Å². The van der Waals surface area contributed by atoms with Gasteiger partial charge in [0.1, 0.15) is 5.82 Å². The summed E-state index contributed by atoms with van der Waals surface area (Å²) in [4.78, 5) is 13.9. The van der Waals surface area contributed by atoms with Crippen molar-refractivity contribution >= 4 is 6.03 Å². The number of hydrogen-bond donors (Lipinski definition) is 2. The Kier molecular flexibility index (Phi) is 5.40. The third kappa shape index (κ3) is 3.77. The second-order valence-electron chi connectivity index (χ2n) is 6.24. The van der Waals surface area contributed by atoms with Crippen molar-refractivity contribution in [3.63, 3.8) is 0 Å². The molecule has 0 atom stereocenters. The number of benzene rings is 1. The number of aliphatic hydroxyl groups excluding tert-OH is 1. The van der Waals surface area contributed by atoms with Crippen molar-refractivity contribution in [3.05, 3.63) is 35.1 Å². The lowest BCUT2D eigenvalue weighted by Crippen LogP contribution is -2.48. The minimum atomic E-state index is -0.250. The van der Waals surface area contributed by atoms with E-state index in [2.05, 4.69) is 12.2 Å². The van der Waals surface area contributed by atoms with Gasteiger partial charge >= 0.3 is 6.03 Å². The van der Waals surface area contributed by atoms with Gasteiger partial charge in [-0.25, -0.2) is 9.18 Å². The van der Waals surface area contributed by atoms with Crippen LogP contribution in [0.1, 0.15) is 37.3 Å². The molecule has 1 saturated heterocycles. The van der Waals surface area contributed by atoms with E-state index in [1.807, 2.05) is 6.07 Å². The molecule has 1 aromatic rings. The fourth-order valence-corrected chi connectivity index (χ4v) is 2.84. The van der Waals surface area contributed by atoms with Crippen LogP contribution < -0.4 is 5.32 Å². The van der Waals surface area contributed by atoms with E-state index in [0.29, 0.717) is 25.2 Å². The molecule has 0 unspecified atom stereocenters. The van der Waals surface area contributed by atoms with E-state index >= 15 is 0 Å². The minimum absolute atomic E-state index is 0.0309. The van der Waals surface area contributed by atoms with Crippen LogP contribution in [0.3, 0.4) is 0 Å². The lowest BCUT2D eigenvalue weighted by Gasteiger charge is -2.40. The molecule has 0 bridgehead atoms. The number of likely N-dealkylation sites (tertiary alicyclic amines) is 1. The molecule has 0 saturated carbocycles. The molecule has 1 fully saturated rings. The Morgan fingerprint density at radius 3 is 2.64 bits per heavy atom.